The third-order valence-corrected chi connectivity index (χ3v) is 5.23. The van der Waals surface area contributed by atoms with E-state index in [2.05, 4.69) is 10.6 Å². The normalized spacial score (nSPS) is 12.6. The number of nitrogens with two attached hydrogens (primary N) is 1. The molecule has 4 N–H and O–H groups in total. The molecule has 0 saturated carbocycles. The maximum Gasteiger partial charge on any atom is 0.262 e. The minimum atomic E-state index is -3.79. The van der Waals surface area contributed by atoms with Crippen LogP contribution in [0.3, 0.4) is 0 Å². The Balaban J connectivity index is 2.09. The molecule has 0 saturated heterocycles. The molecule has 1 aromatic carbocycles. The molecule has 1 atom stereocenters. The Bertz CT molecular complexity index is 844. The van der Waals surface area contributed by atoms with Crippen molar-refractivity contribution >= 4 is 38.9 Å². The van der Waals surface area contributed by atoms with Gasteiger partial charge in [-0.3, -0.25) is 9.59 Å². The number of hydrogen-bond donors (Lipinski definition) is 3. The molecule has 0 radical (unpaired) electrons. The fraction of sp³-hybridized carbons (Fsp3) is 0.250. The SMILES string of the molecule is CC(C)C(NC(=O)c1cccs1)C(=O)Nc1ccc(S(N)(=O)=O)cc1. The molecule has 25 heavy (non-hydrogen) atoms. The Hall–Kier alpha value is -2.23. The van der Waals surface area contributed by atoms with Gasteiger partial charge >= 0.3 is 0 Å². The molecule has 134 valence electrons. The number of amides is 2. The van der Waals surface area contributed by atoms with Crippen molar-refractivity contribution in [3.63, 3.8) is 0 Å². The third kappa shape index (κ3) is 5.12. The Labute approximate surface area is 150 Å². The van der Waals surface area contributed by atoms with Gasteiger partial charge in [0.2, 0.25) is 15.9 Å². The van der Waals surface area contributed by atoms with E-state index in [9.17, 15) is 18.0 Å². The lowest BCUT2D eigenvalue weighted by molar-refractivity contribution is -0.118. The molecule has 2 rings (SSSR count). The molecule has 1 aromatic heterocycles. The first-order valence-electron chi connectivity index (χ1n) is 7.46. The fourth-order valence-electron chi connectivity index (χ4n) is 2.10. The van der Waals surface area contributed by atoms with Crippen molar-refractivity contribution in [2.45, 2.75) is 24.8 Å². The number of carbonyl (C=O) groups excluding carboxylic acids is 2. The summed E-state index contributed by atoms with van der Waals surface area (Å²) in [6, 6.07) is 8.21. The molecule has 0 bridgehead atoms. The molecule has 9 heteroatoms. The third-order valence-electron chi connectivity index (χ3n) is 3.43. The van der Waals surface area contributed by atoms with Crippen LogP contribution in [0.1, 0.15) is 23.5 Å². The van der Waals surface area contributed by atoms with Crippen molar-refractivity contribution in [2.75, 3.05) is 5.32 Å². The highest BCUT2D eigenvalue weighted by atomic mass is 32.2. The second-order valence-electron chi connectivity index (χ2n) is 5.73. The highest BCUT2D eigenvalue weighted by Crippen LogP contribution is 2.15. The second kappa shape index (κ2) is 7.77. The lowest BCUT2D eigenvalue weighted by Crippen LogP contribution is -2.46. The lowest BCUT2D eigenvalue weighted by Gasteiger charge is -2.21. The van der Waals surface area contributed by atoms with Crippen LogP contribution in [0.15, 0.2) is 46.7 Å². The van der Waals surface area contributed by atoms with Gasteiger partial charge in [-0.25, -0.2) is 13.6 Å². The Morgan fingerprint density at radius 1 is 1.12 bits per heavy atom. The molecule has 7 nitrogen and oxygen atoms in total. The van der Waals surface area contributed by atoms with E-state index in [1.165, 1.54) is 35.6 Å². The van der Waals surface area contributed by atoms with Crippen LogP contribution < -0.4 is 15.8 Å². The van der Waals surface area contributed by atoms with Crippen LogP contribution in [0, 0.1) is 5.92 Å². The van der Waals surface area contributed by atoms with Crippen LogP contribution in [0.5, 0.6) is 0 Å². The average Bonchev–Trinajstić information content (AvgIpc) is 3.06. The van der Waals surface area contributed by atoms with E-state index in [1.807, 2.05) is 13.8 Å². The van der Waals surface area contributed by atoms with Crippen molar-refractivity contribution in [3.05, 3.63) is 46.7 Å². The van der Waals surface area contributed by atoms with Gasteiger partial charge < -0.3 is 10.6 Å². The van der Waals surface area contributed by atoms with Gasteiger partial charge in [-0.15, -0.1) is 11.3 Å². The van der Waals surface area contributed by atoms with E-state index in [4.69, 9.17) is 5.14 Å². The Kier molecular flexibility index (Phi) is 5.93. The highest BCUT2D eigenvalue weighted by Gasteiger charge is 2.25. The predicted molar refractivity (Wildman–Crippen MR) is 96.9 cm³/mol. The molecule has 1 unspecified atom stereocenters. The van der Waals surface area contributed by atoms with E-state index in [0.29, 0.717) is 10.6 Å². The molecule has 0 aliphatic carbocycles. The molecule has 2 aromatic rings. The van der Waals surface area contributed by atoms with E-state index in [1.54, 1.807) is 17.5 Å². The maximum absolute atomic E-state index is 12.5. The van der Waals surface area contributed by atoms with Gasteiger partial charge in [0.05, 0.1) is 9.77 Å². The van der Waals surface area contributed by atoms with Crippen molar-refractivity contribution in [1.82, 2.24) is 5.32 Å². The van der Waals surface area contributed by atoms with Crippen LogP contribution in [0.25, 0.3) is 0 Å². The number of primary sulfonamides is 1. The van der Waals surface area contributed by atoms with Gasteiger partial charge in [0.15, 0.2) is 0 Å². The number of nitrogens with one attached hydrogen (secondary N) is 2. The number of carbonyl (C=O) groups is 2. The first kappa shape index (κ1) is 19.1. The lowest BCUT2D eigenvalue weighted by atomic mass is 10.0. The van der Waals surface area contributed by atoms with Gasteiger partial charge in [-0.1, -0.05) is 19.9 Å². The summed E-state index contributed by atoms with van der Waals surface area (Å²) < 4.78 is 22.5. The number of thiophene rings is 1. The van der Waals surface area contributed by atoms with Crippen LogP contribution >= 0.6 is 11.3 Å². The summed E-state index contributed by atoms with van der Waals surface area (Å²) in [5.74, 6) is -0.829. The van der Waals surface area contributed by atoms with Gasteiger partial charge in [0.1, 0.15) is 6.04 Å². The maximum atomic E-state index is 12.5. The Morgan fingerprint density at radius 3 is 2.24 bits per heavy atom. The molecule has 0 spiro atoms. The molecule has 0 aliphatic heterocycles. The average molecular weight is 381 g/mol. The molecule has 2 amide bonds. The van der Waals surface area contributed by atoms with E-state index in [0.717, 1.165) is 0 Å². The summed E-state index contributed by atoms with van der Waals surface area (Å²) in [4.78, 5) is 25.1. The Morgan fingerprint density at radius 2 is 1.76 bits per heavy atom. The standard InChI is InChI=1S/C16H19N3O4S2/c1-10(2)14(19-15(20)13-4-3-9-24-13)16(21)18-11-5-7-12(8-6-11)25(17,22)23/h3-10,14H,1-2H3,(H,18,21)(H,19,20)(H2,17,22,23). The minimum absolute atomic E-state index is 0.0445. The number of sulfonamides is 1. The van der Waals surface area contributed by atoms with Gasteiger partial charge in [0, 0.05) is 5.69 Å². The van der Waals surface area contributed by atoms with E-state index in [-0.39, 0.29) is 22.6 Å². The van der Waals surface area contributed by atoms with Crippen molar-refractivity contribution < 1.29 is 18.0 Å². The van der Waals surface area contributed by atoms with Crippen molar-refractivity contribution in [3.8, 4) is 0 Å². The molecule has 0 fully saturated rings. The summed E-state index contributed by atoms with van der Waals surface area (Å²) in [5.41, 5.74) is 0.411. The van der Waals surface area contributed by atoms with Gasteiger partial charge in [-0.2, -0.15) is 0 Å². The quantitative estimate of drug-likeness (QED) is 0.707. The summed E-state index contributed by atoms with van der Waals surface area (Å²) in [6.45, 7) is 3.64. The van der Waals surface area contributed by atoms with E-state index < -0.39 is 16.1 Å². The zero-order chi connectivity index (χ0) is 18.6. The van der Waals surface area contributed by atoms with Crippen molar-refractivity contribution in [1.29, 1.82) is 0 Å². The van der Waals surface area contributed by atoms with Crippen LogP contribution in [0.4, 0.5) is 5.69 Å². The predicted octanol–water partition coefficient (Wildman–Crippen LogP) is 1.79. The van der Waals surface area contributed by atoms with Crippen LogP contribution in [-0.2, 0) is 14.8 Å². The van der Waals surface area contributed by atoms with E-state index >= 15 is 0 Å². The first-order valence-corrected chi connectivity index (χ1v) is 9.89. The number of anilines is 1. The first-order chi connectivity index (χ1) is 11.7. The largest absolute Gasteiger partial charge is 0.339 e. The van der Waals surface area contributed by atoms with Crippen LogP contribution in [0.2, 0.25) is 0 Å². The van der Waals surface area contributed by atoms with Crippen molar-refractivity contribution in [2.24, 2.45) is 11.1 Å². The van der Waals surface area contributed by atoms with Gasteiger partial charge in [-0.05, 0) is 41.6 Å². The number of benzene rings is 1. The molecular weight excluding hydrogens is 362 g/mol. The second-order valence-corrected chi connectivity index (χ2v) is 8.24. The summed E-state index contributed by atoms with van der Waals surface area (Å²) >= 11 is 1.29. The smallest absolute Gasteiger partial charge is 0.262 e. The zero-order valence-corrected chi connectivity index (χ0v) is 15.4. The fourth-order valence-corrected chi connectivity index (χ4v) is 3.25. The van der Waals surface area contributed by atoms with Gasteiger partial charge in [0.25, 0.3) is 5.91 Å². The summed E-state index contributed by atoms with van der Waals surface area (Å²) in [5, 5.41) is 12.2. The molecular formula is C16H19N3O4S2. The zero-order valence-electron chi connectivity index (χ0n) is 13.7. The number of rotatable bonds is 6. The summed E-state index contributed by atoms with van der Waals surface area (Å²) in [7, 11) is -3.79. The minimum Gasteiger partial charge on any atom is -0.339 e. The monoisotopic (exact) mass is 381 g/mol. The summed E-state index contributed by atoms with van der Waals surface area (Å²) in [6.07, 6.45) is 0. The number of hydrogen-bond acceptors (Lipinski definition) is 5. The topological polar surface area (TPSA) is 118 Å². The highest BCUT2D eigenvalue weighted by molar-refractivity contribution is 7.89. The molecule has 0 aliphatic rings. The molecule has 1 heterocycles. The van der Waals surface area contributed by atoms with Crippen LogP contribution in [-0.4, -0.2) is 26.3 Å².